The van der Waals surface area contributed by atoms with Gasteiger partial charge in [0.2, 0.25) is 0 Å². The number of hydrogen-bond donors (Lipinski definition) is 4. The fraction of sp³-hybridized carbons (Fsp3) is 0.0714. The topological polar surface area (TPSA) is 48.1 Å². The van der Waals surface area contributed by atoms with Gasteiger partial charge in [-0.3, -0.25) is 0 Å². The lowest BCUT2D eigenvalue weighted by Gasteiger charge is -2.16. The molecule has 4 aromatic carbocycles. The minimum atomic E-state index is 0.455. The van der Waals surface area contributed by atoms with Gasteiger partial charge in [-0.15, -0.1) is 0 Å². The molecule has 4 rings (SSSR count). The van der Waals surface area contributed by atoms with Crippen molar-refractivity contribution in [1.29, 1.82) is 0 Å². The molecular formula is C28H22Cl4N4S2. The molecule has 0 bridgehead atoms. The molecule has 0 unspecified atom stereocenters. The smallest absolute Gasteiger partial charge is 0.175 e. The highest BCUT2D eigenvalue weighted by atomic mass is 35.5. The van der Waals surface area contributed by atoms with E-state index >= 15 is 0 Å². The molecule has 194 valence electrons. The van der Waals surface area contributed by atoms with Gasteiger partial charge >= 0.3 is 0 Å². The summed E-state index contributed by atoms with van der Waals surface area (Å²) in [5.41, 5.74) is 7.58. The van der Waals surface area contributed by atoms with E-state index in [0.717, 1.165) is 45.0 Å². The molecule has 0 saturated heterocycles. The number of aryl methyl sites for hydroxylation is 2. The molecule has 0 aliphatic carbocycles. The molecule has 0 saturated carbocycles. The summed E-state index contributed by atoms with van der Waals surface area (Å²) in [6.45, 7) is 4.06. The maximum atomic E-state index is 6.09. The van der Waals surface area contributed by atoms with E-state index in [0.29, 0.717) is 30.3 Å². The second-order valence-electron chi connectivity index (χ2n) is 8.48. The molecule has 10 heteroatoms. The first kappa shape index (κ1) is 28.4. The van der Waals surface area contributed by atoms with Crippen LogP contribution in [-0.4, -0.2) is 10.2 Å². The largest absolute Gasteiger partial charge is 0.332 e. The van der Waals surface area contributed by atoms with Gasteiger partial charge in [0.15, 0.2) is 10.2 Å². The third-order valence-electron chi connectivity index (χ3n) is 5.64. The van der Waals surface area contributed by atoms with Gasteiger partial charge in [0.25, 0.3) is 0 Å². The quantitative estimate of drug-likeness (QED) is 0.167. The number of rotatable bonds is 5. The molecule has 0 amide bonds. The number of thiocarbonyl (C=S) groups is 2. The van der Waals surface area contributed by atoms with Crippen LogP contribution in [0.2, 0.25) is 20.1 Å². The van der Waals surface area contributed by atoms with Crippen LogP contribution in [-0.2, 0) is 0 Å². The molecule has 0 aliphatic rings. The summed E-state index contributed by atoms with van der Waals surface area (Å²) >= 11 is 35.1. The molecule has 38 heavy (non-hydrogen) atoms. The molecule has 0 heterocycles. The van der Waals surface area contributed by atoms with Crippen molar-refractivity contribution in [3.8, 4) is 11.1 Å². The van der Waals surface area contributed by atoms with Crippen molar-refractivity contribution in [2.45, 2.75) is 13.8 Å². The van der Waals surface area contributed by atoms with Gasteiger partial charge in [-0.2, -0.15) is 0 Å². The Balaban J connectivity index is 1.41. The Labute approximate surface area is 252 Å². The second kappa shape index (κ2) is 12.5. The van der Waals surface area contributed by atoms with E-state index in [2.05, 4.69) is 45.5 Å². The van der Waals surface area contributed by atoms with E-state index in [1.165, 1.54) is 0 Å². The van der Waals surface area contributed by atoms with Gasteiger partial charge in [0.05, 0.1) is 20.1 Å². The van der Waals surface area contributed by atoms with Crippen LogP contribution < -0.4 is 21.3 Å². The van der Waals surface area contributed by atoms with Crippen molar-refractivity contribution in [1.82, 2.24) is 0 Å². The summed E-state index contributed by atoms with van der Waals surface area (Å²) in [6, 6.07) is 22.9. The highest BCUT2D eigenvalue weighted by molar-refractivity contribution is 7.81. The first-order valence-electron chi connectivity index (χ1n) is 11.4. The van der Waals surface area contributed by atoms with Crippen LogP contribution in [0.5, 0.6) is 0 Å². The summed E-state index contributed by atoms with van der Waals surface area (Å²) in [6.07, 6.45) is 0. The van der Waals surface area contributed by atoms with Crippen LogP contribution in [0.1, 0.15) is 11.1 Å². The fourth-order valence-corrected chi connectivity index (χ4v) is 4.74. The minimum Gasteiger partial charge on any atom is -0.332 e. The van der Waals surface area contributed by atoms with Gasteiger partial charge in [0, 0.05) is 22.7 Å². The average molecular weight is 620 g/mol. The van der Waals surface area contributed by atoms with Crippen molar-refractivity contribution in [3.63, 3.8) is 0 Å². The van der Waals surface area contributed by atoms with Gasteiger partial charge in [-0.25, -0.2) is 0 Å². The Morgan fingerprint density at radius 3 is 1.24 bits per heavy atom. The number of hydrogen-bond acceptors (Lipinski definition) is 2. The molecule has 0 aliphatic heterocycles. The van der Waals surface area contributed by atoms with Crippen LogP contribution >= 0.6 is 70.8 Å². The van der Waals surface area contributed by atoms with E-state index in [4.69, 9.17) is 70.8 Å². The SMILES string of the molecule is Cc1cc(-c2ccc(NC(=S)Nc3ccc(Cl)c(Cl)c3)c(C)c2)ccc1NC(=S)Nc1ccc(Cl)c(Cl)c1. The second-order valence-corrected chi connectivity index (χ2v) is 10.9. The molecule has 4 N–H and O–H groups in total. The van der Waals surface area contributed by atoms with Gasteiger partial charge in [-0.1, -0.05) is 58.5 Å². The highest BCUT2D eigenvalue weighted by Gasteiger charge is 2.09. The minimum absolute atomic E-state index is 0.455. The lowest BCUT2D eigenvalue weighted by Crippen LogP contribution is -2.19. The predicted molar refractivity (Wildman–Crippen MR) is 174 cm³/mol. The molecule has 4 nitrogen and oxygen atoms in total. The molecule has 0 radical (unpaired) electrons. The van der Waals surface area contributed by atoms with E-state index < -0.39 is 0 Å². The van der Waals surface area contributed by atoms with Crippen molar-refractivity contribution >= 4 is 104 Å². The summed E-state index contributed by atoms with van der Waals surface area (Å²) in [5.74, 6) is 0. The average Bonchev–Trinajstić information content (AvgIpc) is 2.86. The number of benzene rings is 4. The predicted octanol–water partition coefficient (Wildman–Crippen LogP) is 10.2. The first-order valence-corrected chi connectivity index (χ1v) is 13.7. The van der Waals surface area contributed by atoms with Crippen LogP contribution in [0.25, 0.3) is 11.1 Å². The lowest BCUT2D eigenvalue weighted by molar-refractivity contribution is 1.42. The van der Waals surface area contributed by atoms with Crippen molar-refractivity contribution < 1.29 is 0 Å². The Bertz CT molecular complexity index is 1430. The van der Waals surface area contributed by atoms with Crippen LogP contribution in [0.15, 0.2) is 72.8 Å². The molecule has 0 fully saturated rings. The maximum Gasteiger partial charge on any atom is 0.175 e. The summed E-state index contributed by atoms with van der Waals surface area (Å²) in [5, 5.41) is 15.5. The summed E-state index contributed by atoms with van der Waals surface area (Å²) in [7, 11) is 0. The molecule has 4 aromatic rings. The number of nitrogens with one attached hydrogen (secondary N) is 4. The lowest BCUT2D eigenvalue weighted by atomic mass is 10.00. The standard InChI is InChI=1S/C28H22Cl4N4S2/c1-15-11-17(3-9-25(15)35-27(37)33-19-5-7-21(29)23(31)13-19)18-4-10-26(16(2)12-18)36-28(38)34-20-6-8-22(30)24(32)14-20/h3-14H,1-2H3,(H2,33,35,37)(H2,34,36,38). The highest BCUT2D eigenvalue weighted by Crippen LogP contribution is 2.30. The van der Waals surface area contributed by atoms with Crippen molar-refractivity contribution in [2.24, 2.45) is 0 Å². The summed E-state index contributed by atoms with van der Waals surface area (Å²) < 4.78 is 0. The molecule has 0 atom stereocenters. The number of anilines is 4. The Morgan fingerprint density at radius 1 is 0.500 bits per heavy atom. The monoisotopic (exact) mass is 618 g/mol. The third kappa shape index (κ3) is 7.29. The molecular weight excluding hydrogens is 598 g/mol. The Morgan fingerprint density at radius 2 is 0.895 bits per heavy atom. The zero-order valence-corrected chi connectivity index (χ0v) is 24.9. The van der Waals surface area contributed by atoms with Crippen molar-refractivity contribution in [3.05, 3.63) is 104 Å². The number of halogens is 4. The van der Waals surface area contributed by atoms with Gasteiger partial charge in [-0.05, 0) is 121 Å². The van der Waals surface area contributed by atoms with Crippen LogP contribution in [0.4, 0.5) is 22.7 Å². The molecule has 0 aromatic heterocycles. The van der Waals surface area contributed by atoms with Gasteiger partial charge in [0.1, 0.15) is 0 Å². The third-order valence-corrected chi connectivity index (χ3v) is 7.52. The Hall–Kier alpha value is -2.58. The Kier molecular flexibility index (Phi) is 9.36. The van der Waals surface area contributed by atoms with E-state index in [1.54, 1.807) is 24.3 Å². The molecule has 0 spiro atoms. The van der Waals surface area contributed by atoms with E-state index in [1.807, 2.05) is 38.1 Å². The zero-order valence-electron chi connectivity index (χ0n) is 20.3. The fourth-order valence-electron chi connectivity index (χ4n) is 3.68. The van der Waals surface area contributed by atoms with E-state index in [-0.39, 0.29) is 0 Å². The normalized spacial score (nSPS) is 10.6. The van der Waals surface area contributed by atoms with Crippen molar-refractivity contribution in [2.75, 3.05) is 21.3 Å². The summed E-state index contributed by atoms with van der Waals surface area (Å²) in [4.78, 5) is 0. The van der Waals surface area contributed by atoms with Crippen LogP contribution in [0, 0.1) is 13.8 Å². The van der Waals surface area contributed by atoms with Crippen LogP contribution in [0.3, 0.4) is 0 Å². The first-order chi connectivity index (χ1) is 18.1. The van der Waals surface area contributed by atoms with Gasteiger partial charge < -0.3 is 21.3 Å². The zero-order chi connectivity index (χ0) is 27.4. The maximum absolute atomic E-state index is 6.09. The van der Waals surface area contributed by atoms with E-state index in [9.17, 15) is 0 Å².